The van der Waals surface area contributed by atoms with E-state index in [2.05, 4.69) is 29.4 Å². The van der Waals surface area contributed by atoms with Crippen LogP contribution in [-0.4, -0.2) is 48.9 Å². The standard InChI is InChI=1S/C18H29N3O3/c1-13-10-14(2)12-21(11-13)8-5-7-19-17(22)15(3)20-18(23)16-6-4-9-24-16/h4,6,9,13-15H,5,7-8,10-12H2,1-3H3,(H,19,22)(H,20,23)/t13-,14-,15-/m1/s1. The molecule has 1 aromatic heterocycles. The Morgan fingerprint density at radius 3 is 2.67 bits per heavy atom. The summed E-state index contributed by atoms with van der Waals surface area (Å²) in [5, 5.41) is 5.51. The summed E-state index contributed by atoms with van der Waals surface area (Å²) < 4.78 is 5.01. The molecule has 2 N–H and O–H groups in total. The summed E-state index contributed by atoms with van der Waals surface area (Å²) in [7, 11) is 0. The summed E-state index contributed by atoms with van der Waals surface area (Å²) in [6.45, 7) is 10.2. The quantitative estimate of drug-likeness (QED) is 0.746. The van der Waals surface area contributed by atoms with E-state index < -0.39 is 6.04 Å². The number of piperidine rings is 1. The highest BCUT2D eigenvalue weighted by Gasteiger charge is 2.21. The fourth-order valence-electron chi connectivity index (χ4n) is 3.38. The number of hydrogen-bond acceptors (Lipinski definition) is 4. The second-order valence-corrected chi connectivity index (χ2v) is 7.02. The Labute approximate surface area is 144 Å². The van der Waals surface area contributed by atoms with E-state index in [0.717, 1.165) is 37.9 Å². The number of likely N-dealkylation sites (tertiary alicyclic amines) is 1. The molecule has 134 valence electrons. The number of hydrogen-bond donors (Lipinski definition) is 2. The van der Waals surface area contributed by atoms with Crippen LogP contribution >= 0.6 is 0 Å². The molecule has 1 saturated heterocycles. The van der Waals surface area contributed by atoms with Crippen LogP contribution in [-0.2, 0) is 4.79 Å². The molecular weight excluding hydrogens is 306 g/mol. The molecule has 1 aromatic rings. The van der Waals surface area contributed by atoms with E-state index in [1.54, 1.807) is 19.1 Å². The third-order valence-corrected chi connectivity index (χ3v) is 4.38. The topological polar surface area (TPSA) is 74.6 Å². The maximum Gasteiger partial charge on any atom is 0.287 e. The van der Waals surface area contributed by atoms with Crippen LogP contribution < -0.4 is 10.6 Å². The number of nitrogens with zero attached hydrogens (tertiary/aromatic N) is 1. The lowest BCUT2D eigenvalue weighted by molar-refractivity contribution is -0.122. The van der Waals surface area contributed by atoms with Gasteiger partial charge in [-0.15, -0.1) is 0 Å². The van der Waals surface area contributed by atoms with Gasteiger partial charge in [0.05, 0.1) is 6.26 Å². The van der Waals surface area contributed by atoms with E-state index in [0.29, 0.717) is 6.54 Å². The van der Waals surface area contributed by atoms with Crippen molar-refractivity contribution in [3.05, 3.63) is 24.2 Å². The molecule has 1 aliphatic heterocycles. The normalized spacial score (nSPS) is 22.8. The minimum atomic E-state index is -0.586. The minimum absolute atomic E-state index is 0.171. The zero-order chi connectivity index (χ0) is 17.5. The van der Waals surface area contributed by atoms with Crippen molar-refractivity contribution in [2.45, 2.75) is 39.7 Å². The molecule has 6 nitrogen and oxygen atoms in total. The lowest BCUT2D eigenvalue weighted by Gasteiger charge is -2.34. The summed E-state index contributed by atoms with van der Waals surface area (Å²) in [6.07, 6.45) is 3.66. The highest BCUT2D eigenvalue weighted by molar-refractivity contribution is 5.95. The van der Waals surface area contributed by atoms with E-state index in [-0.39, 0.29) is 17.6 Å². The molecule has 2 amide bonds. The average molecular weight is 335 g/mol. The molecule has 1 fully saturated rings. The van der Waals surface area contributed by atoms with E-state index >= 15 is 0 Å². The highest BCUT2D eigenvalue weighted by atomic mass is 16.3. The smallest absolute Gasteiger partial charge is 0.287 e. The van der Waals surface area contributed by atoms with Gasteiger partial charge >= 0.3 is 0 Å². The van der Waals surface area contributed by atoms with Crippen LogP contribution in [0.25, 0.3) is 0 Å². The summed E-state index contributed by atoms with van der Waals surface area (Å²) in [4.78, 5) is 26.3. The summed E-state index contributed by atoms with van der Waals surface area (Å²) >= 11 is 0. The second kappa shape index (κ2) is 8.87. The monoisotopic (exact) mass is 335 g/mol. The van der Waals surface area contributed by atoms with Gasteiger partial charge in [-0.1, -0.05) is 13.8 Å². The first-order chi connectivity index (χ1) is 11.5. The maximum atomic E-state index is 12.0. The number of nitrogens with one attached hydrogen (secondary N) is 2. The second-order valence-electron chi connectivity index (χ2n) is 7.02. The van der Waals surface area contributed by atoms with Gasteiger partial charge in [-0.2, -0.15) is 0 Å². The molecular formula is C18H29N3O3. The van der Waals surface area contributed by atoms with Crippen LogP contribution in [0.5, 0.6) is 0 Å². The molecule has 0 saturated carbocycles. The Kier molecular flexibility index (Phi) is 6.85. The lowest BCUT2D eigenvalue weighted by atomic mass is 9.92. The first-order valence-electron chi connectivity index (χ1n) is 8.80. The van der Waals surface area contributed by atoms with E-state index in [9.17, 15) is 9.59 Å². The Morgan fingerprint density at radius 1 is 1.33 bits per heavy atom. The Morgan fingerprint density at radius 2 is 2.04 bits per heavy atom. The molecule has 0 unspecified atom stereocenters. The zero-order valence-electron chi connectivity index (χ0n) is 14.9. The third-order valence-electron chi connectivity index (χ3n) is 4.38. The number of carbonyl (C=O) groups is 2. The molecule has 3 atom stereocenters. The fraction of sp³-hybridized carbons (Fsp3) is 0.667. The van der Waals surface area contributed by atoms with Crippen molar-refractivity contribution < 1.29 is 14.0 Å². The predicted molar refractivity (Wildman–Crippen MR) is 92.6 cm³/mol. The summed E-state index contributed by atoms with van der Waals surface area (Å²) in [5.41, 5.74) is 0. The zero-order valence-corrected chi connectivity index (χ0v) is 14.9. The Bertz CT molecular complexity index is 520. The van der Waals surface area contributed by atoms with Gasteiger partial charge in [0.2, 0.25) is 5.91 Å². The van der Waals surface area contributed by atoms with Crippen LogP contribution in [0.2, 0.25) is 0 Å². The lowest BCUT2D eigenvalue weighted by Crippen LogP contribution is -2.45. The van der Waals surface area contributed by atoms with Crippen LogP contribution in [0.15, 0.2) is 22.8 Å². The molecule has 0 aromatic carbocycles. The maximum absolute atomic E-state index is 12.0. The van der Waals surface area contributed by atoms with Crippen molar-refractivity contribution in [2.75, 3.05) is 26.2 Å². The van der Waals surface area contributed by atoms with Crippen molar-refractivity contribution in [3.8, 4) is 0 Å². The molecule has 2 rings (SSSR count). The first-order valence-corrected chi connectivity index (χ1v) is 8.80. The van der Waals surface area contributed by atoms with Crippen molar-refractivity contribution >= 4 is 11.8 Å². The largest absolute Gasteiger partial charge is 0.459 e. The Balaban J connectivity index is 1.63. The van der Waals surface area contributed by atoms with Gasteiger partial charge in [-0.25, -0.2) is 0 Å². The molecule has 0 aliphatic carbocycles. The van der Waals surface area contributed by atoms with E-state index in [1.807, 2.05) is 0 Å². The molecule has 24 heavy (non-hydrogen) atoms. The van der Waals surface area contributed by atoms with Gasteiger partial charge in [0.1, 0.15) is 6.04 Å². The molecule has 0 bridgehead atoms. The van der Waals surface area contributed by atoms with Crippen LogP contribution in [0, 0.1) is 11.8 Å². The van der Waals surface area contributed by atoms with Gasteiger partial charge in [0.15, 0.2) is 5.76 Å². The molecule has 2 heterocycles. The fourth-order valence-corrected chi connectivity index (χ4v) is 3.38. The number of carbonyl (C=O) groups excluding carboxylic acids is 2. The number of rotatable bonds is 7. The number of amides is 2. The van der Waals surface area contributed by atoms with Gasteiger partial charge < -0.3 is 20.0 Å². The van der Waals surface area contributed by atoms with Gasteiger partial charge in [-0.3, -0.25) is 9.59 Å². The highest BCUT2D eigenvalue weighted by Crippen LogP contribution is 2.20. The molecule has 0 spiro atoms. The van der Waals surface area contributed by atoms with Gasteiger partial charge in [-0.05, 0) is 50.3 Å². The average Bonchev–Trinajstić information content (AvgIpc) is 3.04. The van der Waals surface area contributed by atoms with Crippen LogP contribution in [0.3, 0.4) is 0 Å². The first kappa shape index (κ1) is 18.5. The van der Waals surface area contributed by atoms with E-state index in [1.165, 1.54) is 12.7 Å². The predicted octanol–water partition coefficient (Wildman–Crippen LogP) is 1.88. The Hall–Kier alpha value is -1.82. The van der Waals surface area contributed by atoms with Gasteiger partial charge in [0.25, 0.3) is 5.91 Å². The summed E-state index contributed by atoms with van der Waals surface area (Å²) in [5.74, 6) is 1.16. The SMILES string of the molecule is C[C@@H]1C[C@@H](C)CN(CCCNC(=O)[C@@H](C)NC(=O)c2ccco2)C1. The van der Waals surface area contributed by atoms with Crippen LogP contribution in [0.4, 0.5) is 0 Å². The van der Waals surface area contributed by atoms with Crippen molar-refractivity contribution in [1.29, 1.82) is 0 Å². The van der Waals surface area contributed by atoms with Gasteiger partial charge in [0, 0.05) is 19.6 Å². The minimum Gasteiger partial charge on any atom is -0.459 e. The van der Waals surface area contributed by atoms with Crippen molar-refractivity contribution in [3.63, 3.8) is 0 Å². The van der Waals surface area contributed by atoms with Crippen LogP contribution in [0.1, 0.15) is 44.2 Å². The summed E-state index contributed by atoms with van der Waals surface area (Å²) in [6, 6.07) is 2.63. The molecule has 1 aliphatic rings. The number of furan rings is 1. The van der Waals surface area contributed by atoms with E-state index in [4.69, 9.17) is 4.42 Å². The molecule has 6 heteroatoms. The van der Waals surface area contributed by atoms with Crippen molar-refractivity contribution in [1.82, 2.24) is 15.5 Å². The third kappa shape index (κ3) is 5.67. The van der Waals surface area contributed by atoms with Crippen molar-refractivity contribution in [2.24, 2.45) is 11.8 Å². The molecule has 0 radical (unpaired) electrons.